The smallest absolute Gasteiger partial charge is 0.270 e. The summed E-state index contributed by atoms with van der Waals surface area (Å²) in [5.74, 6) is -0.325. The number of carbonyl (C=O) groups excluding carboxylic acids is 1. The third-order valence-electron chi connectivity index (χ3n) is 4.17. The first-order chi connectivity index (χ1) is 14.1. The molecule has 0 atom stereocenters. The summed E-state index contributed by atoms with van der Waals surface area (Å²) in [4.78, 5) is 24.7. The first-order valence-corrected chi connectivity index (χ1v) is 9.17. The van der Waals surface area contributed by atoms with Crippen LogP contribution in [0.2, 0.25) is 5.02 Å². The molecule has 0 bridgehead atoms. The quantitative estimate of drug-likeness (QED) is 0.482. The van der Waals surface area contributed by atoms with Crippen molar-refractivity contribution < 1.29 is 4.79 Å². The summed E-state index contributed by atoms with van der Waals surface area (Å²) >= 11 is 5.92. The van der Waals surface area contributed by atoms with Crippen molar-refractivity contribution in [3.8, 4) is 17.1 Å². The van der Waals surface area contributed by atoms with Crippen molar-refractivity contribution in [1.29, 1.82) is 0 Å². The van der Waals surface area contributed by atoms with Crippen molar-refractivity contribution >= 4 is 23.6 Å². The van der Waals surface area contributed by atoms with Crippen LogP contribution in [-0.4, -0.2) is 25.5 Å². The van der Waals surface area contributed by atoms with Crippen LogP contribution in [0.5, 0.6) is 0 Å². The predicted octanol–water partition coefficient (Wildman–Crippen LogP) is 4.10. The van der Waals surface area contributed by atoms with E-state index in [1.807, 2.05) is 30.3 Å². The van der Waals surface area contributed by atoms with Gasteiger partial charge in [-0.3, -0.25) is 9.59 Å². The third kappa shape index (κ3) is 4.23. The summed E-state index contributed by atoms with van der Waals surface area (Å²) in [5.41, 5.74) is 1.84. The number of hydrogen-bond donors (Lipinski definition) is 0. The molecule has 4 aromatic rings. The number of nitrogens with zero attached hydrogens (tertiary/aromatic N) is 4. The molecule has 0 fully saturated rings. The normalized spacial score (nSPS) is 11.1. The van der Waals surface area contributed by atoms with Crippen molar-refractivity contribution in [3.63, 3.8) is 0 Å². The number of carbonyl (C=O) groups is 1. The standard InChI is InChI=1S/C22H15ClN4O2/c23-17-7-9-18(10-8-17)26-15-13-20(28)22(25-26)19-12-14-27(24-19)21(29)11-6-16-4-2-1-3-5-16/h1-15H. The van der Waals surface area contributed by atoms with Gasteiger partial charge in [0.15, 0.2) is 5.69 Å². The number of benzene rings is 2. The Kier molecular flexibility index (Phi) is 5.18. The van der Waals surface area contributed by atoms with Crippen molar-refractivity contribution in [3.05, 3.63) is 106 Å². The Labute approximate surface area is 171 Å². The van der Waals surface area contributed by atoms with E-state index in [-0.39, 0.29) is 17.0 Å². The minimum atomic E-state index is -0.325. The van der Waals surface area contributed by atoms with Crippen LogP contribution in [0.1, 0.15) is 10.4 Å². The Balaban J connectivity index is 1.61. The van der Waals surface area contributed by atoms with Crippen LogP contribution < -0.4 is 5.43 Å². The zero-order valence-corrected chi connectivity index (χ0v) is 15.9. The molecule has 0 saturated carbocycles. The van der Waals surface area contributed by atoms with Crippen LogP contribution in [0.4, 0.5) is 0 Å². The van der Waals surface area contributed by atoms with Gasteiger partial charge >= 0.3 is 0 Å². The highest BCUT2D eigenvalue weighted by Crippen LogP contribution is 2.14. The van der Waals surface area contributed by atoms with Crippen LogP contribution in [0, 0.1) is 0 Å². The molecule has 2 aromatic carbocycles. The molecule has 4 rings (SSSR count). The lowest BCUT2D eigenvalue weighted by molar-refractivity contribution is 0.0955. The number of halogens is 1. The first-order valence-electron chi connectivity index (χ1n) is 8.79. The van der Waals surface area contributed by atoms with Crippen molar-refractivity contribution in [2.75, 3.05) is 0 Å². The zero-order valence-electron chi connectivity index (χ0n) is 15.1. The summed E-state index contributed by atoms with van der Waals surface area (Å²) in [5, 5.41) is 9.19. The van der Waals surface area contributed by atoms with Crippen LogP contribution in [0.3, 0.4) is 0 Å². The first kappa shape index (κ1) is 18.6. The molecule has 0 N–H and O–H groups in total. The minimum absolute atomic E-state index is 0.154. The van der Waals surface area contributed by atoms with E-state index in [1.54, 1.807) is 47.3 Å². The molecule has 0 aliphatic carbocycles. The maximum absolute atomic E-state index is 12.4. The molecule has 0 spiro atoms. The summed E-state index contributed by atoms with van der Waals surface area (Å²) < 4.78 is 2.73. The average molecular weight is 403 g/mol. The van der Waals surface area contributed by atoms with E-state index in [0.29, 0.717) is 10.7 Å². The summed E-state index contributed by atoms with van der Waals surface area (Å²) in [6, 6.07) is 19.5. The van der Waals surface area contributed by atoms with E-state index in [0.717, 1.165) is 11.3 Å². The van der Waals surface area contributed by atoms with Gasteiger partial charge in [-0.25, -0.2) is 9.36 Å². The second-order valence-electron chi connectivity index (χ2n) is 6.18. The van der Waals surface area contributed by atoms with Gasteiger partial charge in [-0.1, -0.05) is 41.9 Å². The monoisotopic (exact) mass is 402 g/mol. The molecule has 2 heterocycles. The molecule has 0 unspecified atom stereocenters. The van der Waals surface area contributed by atoms with Crippen molar-refractivity contribution in [1.82, 2.24) is 19.6 Å². The molecule has 0 radical (unpaired) electrons. The molecule has 0 amide bonds. The molecule has 2 aromatic heterocycles. The highest BCUT2D eigenvalue weighted by molar-refractivity contribution is 6.30. The van der Waals surface area contributed by atoms with Gasteiger partial charge < -0.3 is 0 Å². The largest absolute Gasteiger partial charge is 0.287 e. The average Bonchev–Trinajstić information content (AvgIpc) is 3.24. The second kappa shape index (κ2) is 8.08. The number of hydrogen-bond acceptors (Lipinski definition) is 4. The Morgan fingerprint density at radius 1 is 0.897 bits per heavy atom. The van der Waals surface area contributed by atoms with E-state index >= 15 is 0 Å². The number of allylic oxidation sites excluding steroid dienone is 1. The molecule has 0 saturated heterocycles. The molecule has 142 valence electrons. The molecule has 29 heavy (non-hydrogen) atoms. The fourth-order valence-corrected chi connectivity index (χ4v) is 2.83. The molecular weight excluding hydrogens is 388 g/mol. The van der Waals surface area contributed by atoms with Gasteiger partial charge in [-0.15, -0.1) is 0 Å². The summed E-state index contributed by atoms with van der Waals surface area (Å²) in [6.07, 6.45) is 6.21. The van der Waals surface area contributed by atoms with Gasteiger partial charge in [-0.05, 0) is 42.0 Å². The topological polar surface area (TPSA) is 69.8 Å². The van der Waals surface area contributed by atoms with Gasteiger partial charge in [0, 0.05) is 29.6 Å². The Morgan fingerprint density at radius 2 is 1.66 bits per heavy atom. The lowest BCUT2D eigenvalue weighted by atomic mass is 10.2. The SMILES string of the molecule is O=C(C=Cc1ccccc1)n1ccc(-c2nn(-c3ccc(Cl)cc3)ccc2=O)n1. The van der Waals surface area contributed by atoms with Gasteiger partial charge in [0.2, 0.25) is 5.43 Å². The van der Waals surface area contributed by atoms with Crippen LogP contribution in [-0.2, 0) is 0 Å². The number of aromatic nitrogens is 4. The van der Waals surface area contributed by atoms with E-state index < -0.39 is 0 Å². The van der Waals surface area contributed by atoms with Crippen molar-refractivity contribution in [2.24, 2.45) is 0 Å². The highest BCUT2D eigenvalue weighted by atomic mass is 35.5. The highest BCUT2D eigenvalue weighted by Gasteiger charge is 2.12. The second-order valence-corrected chi connectivity index (χ2v) is 6.61. The minimum Gasteiger partial charge on any atom is -0.287 e. The number of rotatable bonds is 4. The third-order valence-corrected chi connectivity index (χ3v) is 4.43. The maximum atomic E-state index is 12.4. The van der Waals surface area contributed by atoms with Gasteiger partial charge in [0.1, 0.15) is 5.69 Å². The fraction of sp³-hybridized carbons (Fsp3) is 0. The van der Waals surface area contributed by atoms with Crippen molar-refractivity contribution in [2.45, 2.75) is 0 Å². The van der Waals surface area contributed by atoms with E-state index in [9.17, 15) is 9.59 Å². The van der Waals surface area contributed by atoms with Gasteiger partial charge in [0.05, 0.1) is 5.69 Å². The molecule has 7 heteroatoms. The summed E-state index contributed by atoms with van der Waals surface area (Å²) in [7, 11) is 0. The summed E-state index contributed by atoms with van der Waals surface area (Å²) in [6.45, 7) is 0. The van der Waals surface area contributed by atoms with E-state index in [1.165, 1.54) is 23.0 Å². The zero-order chi connectivity index (χ0) is 20.2. The van der Waals surface area contributed by atoms with Crippen LogP contribution in [0.25, 0.3) is 23.2 Å². The molecule has 0 aliphatic heterocycles. The Hall–Kier alpha value is -3.77. The fourth-order valence-electron chi connectivity index (χ4n) is 2.70. The maximum Gasteiger partial charge on any atom is 0.270 e. The van der Waals surface area contributed by atoms with Gasteiger partial charge in [-0.2, -0.15) is 10.2 Å². The molecular formula is C22H15ClN4O2. The van der Waals surface area contributed by atoms with Crippen LogP contribution in [0.15, 0.2) is 90.0 Å². The van der Waals surface area contributed by atoms with E-state index in [4.69, 9.17) is 11.6 Å². The van der Waals surface area contributed by atoms with E-state index in [2.05, 4.69) is 10.2 Å². The Bertz CT molecular complexity index is 1240. The Morgan fingerprint density at radius 3 is 2.41 bits per heavy atom. The molecule has 0 aliphatic rings. The van der Waals surface area contributed by atoms with Gasteiger partial charge in [0.25, 0.3) is 5.91 Å². The van der Waals surface area contributed by atoms with Crippen LogP contribution >= 0.6 is 11.6 Å². The predicted molar refractivity (Wildman–Crippen MR) is 112 cm³/mol. The lowest BCUT2D eigenvalue weighted by Gasteiger charge is -2.06. The lowest BCUT2D eigenvalue weighted by Crippen LogP contribution is -2.14. The molecule has 6 nitrogen and oxygen atoms in total.